The molecule has 9 heteroatoms. The molecule has 1 aromatic heterocycles. The van der Waals surface area contributed by atoms with E-state index in [1.165, 1.54) is 0 Å². The number of aliphatic hydroxyl groups excluding tert-OH is 2. The third-order valence-corrected chi connectivity index (χ3v) is 2.44. The van der Waals surface area contributed by atoms with E-state index in [-0.39, 0.29) is 36.6 Å². The van der Waals surface area contributed by atoms with Gasteiger partial charge in [0.25, 0.3) is 5.56 Å². The zero-order valence-corrected chi connectivity index (χ0v) is 9.81. The Balaban J connectivity index is 2.69. The number of hydrazine groups is 1. The molecule has 0 saturated carbocycles. The van der Waals surface area contributed by atoms with Crippen molar-refractivity contribution in [2.24, 2.45) is 11.8 Å². The van der Waals surface area contributed by atoms with E-state index in [1.54, 1.807) is 0 Å². The summed E-state index contributed by atoms with van der Waals surface area (Å²) in [5, 5.41) is 20.7. The van der Waals surface area contributed by atoms with E-state index in [0.29, 0.717) is 13.0 Å². The normalized spacial score (nSPS) is 10.7. The predicted molar refractivity (Wildman–Crippen MR) is 67.8 cm³/mol. The molecule has 0 aliphatic heterocycles. The summed E-state index contributed by atoms with van der Waals surface area (Å²) in [5.41, 5.74) is 7.24. The van der Waals surface area contributed by atoms with Gasteiger partial charge in [0.2, 0.25) is 5.95 Å². The van der Waals surface area contributed by atoms with Gasteiger partial charge in [0.05, 0.1) is 0 Å². The van der Waals surface area contributed by atoms with Crippen LogP contribution in [0.1, 0.15) is 6.42 Å². The number of aromatic nitrogens is 2. The highest BCUT2D eigenvalue weighted by Crippen LogP contribution is 2.13. The van der Waals surface area contributed by atoms with Crippen molar-refractivity contribution >= 4 is 17.5 Å². The molecule has 0 unspecified atom stereocenters. The molecule has 0 aliphatic rings. The number of nitrogen functional groups attached to an aromatic ring is 2. The van der Waals surface area contributed by atoms with Crippen molar-refractivity contribution in [1.82, 2.24) is 9.97 Å². The minimum atomic E-state index is -0.478. The first-order chi connectivity index (χ1) is 8.62. The molecule has 18 heavy (non-hydrogen) atoms. The molecule has 0 aromatic carbocycles. The molecule has 0 saturated heterocycles. The second kappa shape index (κ2) is 6.79. The first-order valence-corrected chi connectivity index (χ1v) is 5.44. The minimum Gasteiger partial charge on any atom is -0.396 e. The molecule has 102 valence electrons. The molecule has 1 rings (SSSR count). The van der Waals surface area contributed by atoms with Crippen molar-refractivity contribution < 1.29 is 10.2 Å². The lowest BCUT2D eigenvalue weighted by molar-refractivity contribution is 0.146. The maximum Gasteiger partial charge on any atom is 0.279 e. The van der Waals surface area contributed by atoms with Crippen LogP contribution in [0, 0.1) is 5.92 Å². The Labute approximate surface area is 103 Å². The molecule has 0 spiro atoms. The second-order valence-electron chi connectivity index (χ2n) is 3.77. The van der Waals surface area contributed by atoms with E-state index in [4.69, 9.17) is 21.8 Å². The predicted octanol–water partition coefficient (Wildman–Crippen LogP) is -1.96. The smallest absolute Gasteiger partial charge is 0.279 e. The van der Waals surface area contributed by atoms with Gasteiger partial charge in [-0.15, -0.1) is 0 Å². The lowest BCUT2D eigenvalue weighted by Crippen LogP contribution is -2.24. The zero-order valence-electron chi connectivity index (χ0n) is 9.81. The number of aliphatic hydroxyl groups is 2. The summed E-state index contributed by atoms with van der Waals surface area (Å²) in [4.78, 5) is 17.7. The Hall–Kier alpha value is -1.84. The third kappa shape index (κ3) is 3.58. The van der Waals surface area contributed by atoms with Gasteiger partial charge in [-0.05, 0) is 6.42 Å². The van der Waals surface area contributed by atoms with Gasteiger partial charge in [-0.3, -0.25) is 15.6 Å². The van der Waals surface area contributed by atoms with Crippen LogP contribution in [0.15, 0.2) is 4.79 Å². The first kappa shape index (κ1) is 14.2. The topological polar surface area (TPSA) is 162 Å². The maximum atomic E-state index is 11.5. The van der Waals surface area contributed by atoms with Crippen LogP contribution in [0.25, 0.3) is 0 Å². The second-order valence-corrected chi connectivity index (χ2v) is 3.77. The van der Waals surface area contributed by atoms with Gasteiger partial charge >= 0.3 is 0 Å². The van der Waals surface area contributed by atoms with Crippen LogP contribution in [0.5, 0.6) is 0 Å². The van der Waals surface area contributed by atoms with Crippen molar-refractivity contribution in [2.75, 3.05) is 36.2 Å². The first-order valence-electron chi connectivity index (χ1n) is 5.44. The third-order valence-electron chi connectivity index (χ3n) is 2.44. The van der Waals surface area contributed by atoms with E-state index in [1.807, 2.05) is 0 Å². The fourth-order valence-corrected chi connectivity index (χ4v) is 1.39. The van der Waals surface area contributed by atoms with Gasteiger partial charge in [-0.2, -0.15) is 4.98 Å². The fraction of sp³-hybridized carbons (Fsp3) is 0.556. The number of anilines is 3. The molecule has 0 radical (unpaired) electrons. The van der Waals surface area contributed by atoms with Crippen molar-refractivity contribution in [3.63, 3.8) is 0 Å². The number of nitrogens with zero attached hydrogens (tertiary/aromatic N) is 1. The molecule has 0 bridgehead atoms. The summed E-state index contributed by atoms with van der Waals surface area (Å²) in [6.07, 6.45) is 0.519. The molecule has 0 aliphatic carbocycles. The van der Waals surface area contributed by atoms with Gasteiger partial charge in [0, 0.05) is 25.7 Å². The SMILES string of the molecule is NNc1c(NCCC(CO)CO)nc(N)[nH]c1=O. The van der Waals surface area contributed by atoms with Crippen LogP contribution in [0.4, 0.5) is 17.5 Å². The summed E-state index contributed by atoms with van der Waals surface area (Å²) in [6.45, 7) is 0.201. The largest absolute Gasteiger partial charge is 0.396 e. The van der Waals surface area contributed by atoms with E-state index in [2.05, 4.69) is 20.7 Å². The average Bonchev–Trinajstić information content (AvgIpc) is 2.34. The number of H-pyrrole nitrogens is 1. The highest BCUT2D eigenvalue weighted by molar-refractivity contribution is 5.63. The van der Waals surface area contributed by atoms with Gasteiger partial charge in [-0.1, -0.05) is 0 Å². The summed E-state index contributed by atoms with van der Waals surface area (Å²) < 4.78 is 0. The Morgan fingerprint density at radius 2 is 2.06 bits per heavy atom. The molecule has 0 fully saturated rings. The number of rotatable bonds is 7. The molecule has 0 amide bonds. The van der Waals surface area contributed by atoms with Crippen molar-refractivity contribution in [2.45, 2.75) is 6.42 Å². The van der Waals surface area contributed by atoms with Gasteiger partial charge in [0.15, 0.2) is 11.5 Å². The van der Waals surface area contributed by atoms with Gasteiger partial charge in [-0.25, -0.2) is 0 Å². The molecule has 9 N–H and O–H groups in total. The summed E-state index contributed by atoms with van der Waals surface area (Å²) in [5.74, 6) is 5.20. The van der Waals surface area contributed by atoms with Crippen LogP contribution in [-0.2, 0) is 0 Å². The molecular weight excluding hydrogens is 240 g/mol. The van der Waals surface area contributed by atoms with Crippen LogP contribution >= 0.6 is 0 Å². The van der Waals surface area contributed by atoms with E-state index >= 15 is 0 Å². The van der Waals surface area contributed by atoms with Crippen LogP contribution in [0.2, 0.25) is 0 Å². The van der Waals surface area contributed by atoms with Crippen molar-refractivity contribution in [1.29, 1.82) is 0 Å². The van der Waals surface area contributed by atoms with Crippen LogP contribution in [-0.4, -0.2) is 39.9 Å². The molecule has 0 atom stereocenters. The van der Waals surface area contributed by atoms with E-state index in [0.717, 1.165) is 0 Å². The highest BCUT2D eigenvalue weighted by Gasteiger charge is 2.10. The van der Waals surface area contributed by atoms with Gasteiger partial charge < -0.3 is 26.7 Å². The van der Waals surface area contributed by atoms with Crippen LogP contribution < -0.4 is 27.9 Å². The lowest BCUT2D eigenvalue weighted by atomic mass is 10.1. The quantitative estimate of drug-likeness (QED) is 0.219. The fourth-order valence-electron chi connectivity index (χ4n) is 1.39. The zero-order chi connectivity index (χ0) is 13.5. The van der Waals surface area contributed by atoms with E-state index < -0.39 is 5.56 Å². The molecule has 1 aromatic rings. The summed E-state index contributed by atoms with van der Waals surface area (Å²) >= 11 is 0. The van der Waals surface area contributed by atoms with E-state index in [9.17, 15) is 4.79 Å². The average molecular weight is 258 g/mol. The molecule has 9 nitrogen and oxygen atoms in total. The summed E-state index contributed by atoms with van der Waals surface area (Å²) in [7, 11) is 0. The molecular formula is C9H18N6O3. The maximum absolute atomic E-state index is 11.5. The number of aromatic amines is 1. The van der Waals surface area contributed by atoms with Crippen molar-refractivity contribution in [3.8, 4) is 0 Å². The Morgan fingerprint density at radius 3 is 2.61 bits per heavy atom. The number of hydrogen-bond donors (Lipinski definition) is 7. The number of nitrogens with two attached hydrogens (primary N) is 2. The van der Waals surface area contributed by atoms with Crippen molar-refractivity contribution in [3.05, 3.63) is 10.4 Å². The Morgan fingerprint density at radius 1 is 1.39 bits per heavy atom. The monoisotopic (exact) mass is 258 g/mol. The molecule has 1 heterocycles. The standard InChI is InChI=1S/C9H18N6O3/c10-9-13-7(6(15-11)8(18)14-9)12-2-1-5(3-16)4-17/h5,15-17H,1-4,11H2,(H4,10,12,13,14,18). The minimum absolute atomic E-state index is 0.0256. The Bertz CT molecular complexity index is 431. The number of nitrogens with one attached hydrogen (secondary N) is 3. The summed E-state index contributed by atoms with van der Waals surface area (Å²) in [6, 6.07) is 0. The Kier molecular flexibility index (Phi) is 5.36. The van der Waals surface area contributed by atoms with Gasteiger partial charge in [0.1, 0.15) is 0 Å². The lowest BCUT2D eigenvalue weighted by Gasteiger charge is -2.13. The van der Waals surface area contributed by atoms with Crippen LogP contribution in [0.3, 0.4) is 0 Å². The highest BCUT2D eigenvalue weighted by atomic mass is 16.3. The number of hydrogen-bond acceptors (Lipinski definition) is 8.